The van der Waals surface area contributed by atoms with E-state index in [0.717, 1.165) is 26.1 Å². The molecular weight excluding hydrogens is 204 g/mol. The van der Waals surface area contributed by atoms with Crippen LogP contribution in [0.1, 0.15) is 33.1 Å². The fraction of sp³-hybridized carbons (Fsp3) is 0.917. The first-order valence-corrected chi connectivity index (χ1v) is 6.23. The van der Waals surface area contributed by atoms with Gasteiger partial charge in [0.25, 0.3) is 0 Å². The quantitative estimate of drug-likeness (QED) is 0.575. The number of likely N-dealkylation sites (N-methyl/N-ethyl adjacent to an activating group) is 1. The molecule has 4 nitrogen and oxygen atoms in total. The van der Waals surface area contributed by atoms with Crippen molar-refractivity contribution in [3.05, 3.63) is 0 Å². The van der Waals surface area contributed by atoms with Crippen LogP contribution in [0.5, 0.6) is 0 Å². The van der Waals surface area contributed by atoms with Gasteiger partial charge >= 0.3 is 0 Å². The molecule has 0 atom stereocenters. The predicted molar refractivity (Wildman–Crippen MR) is 66.5 cm³/mol. The Morgan fingerprint density at radius 1 is 1.31 bits per heavy atom. The molecule has 0 bridgehead atoms. The second kappa shape index (κ2) is 10.9. The van der Waals surface area contributed by atoms with Gasteiger partial charge in [0.1, 0.15) is 6.61 Å². The SMILES string of the molecule is CCCCCNC(=O)COCCN(C)CC. The van der Waals surface area contributed by atoms with Gasteiger partial charge in [-0.15, -0.1) is 0 Å². The molecule has 0 aromatic rings. The average Bonchev–Trinajstić information content (AvgIpc) is 2.30. The maximum atomic E-state index is 11.3. The summed E-state index contributed by atoms with van der Waals surface area (Å²) >= 11 is 0. The first-order chi connectivity index (χ1) is 7.70. The smallest absolute Gasteiger partial charge is 0.245 e. The average molecular weight is 230 g/mol. The van der Waals surface area contributed by atoms with Crippen LogP contribution < -0.4 is 5.32 Å². The van der Waals surface area contributed by atoms with Gasteiger partial charge in [-0.25, -0.2) is 0 Å². The number of hydrogen-bond donors (Lipinski definition) is 1. The molecule has 0 aromatic carbocycles. The molecule has 0 aliphatic heterocycles. The number of carbonyl (C=O) groups is 1. The number of nitrogens with one attached hydrogen (secondary N) is 1. The number of carbonyl (C=O) groups excluding carboxylic acids is 1. The van der Waals surface area contributed by atoms with Crippen molar-refractivity contribution in [2.75, 3.05) is 39.9 Å². The minimum absolute atomic E-state index is 0.00439. The van der Waals surface area contributed by atoms with Gasteiger partial charge in [0.15, 0.2) is 0 Å². The maximum Gasteiger partial charge on any atom is 0.245 e. The first kappa shape index (κ1) is 15.4. The van der Waals surface area contributed by atoms with Crippen molar-refractivity contribution in [3.63, 3.8) is 0 Å². The largest absolute Gasteiger partial charge is 0.370 e. The molecule has 0 radical (unpaired) electrons. The number of rotatable bonds is 10. The molecule has 0 spiro atoms. The van der Waals surface area contributed by atoms with Gasteiger partial charge in [-0.1, -0.05) is 26.7 Å². The monoisotopic (exact) mass is 230 g/mol. The van der Waals surface area contributed by atoms with Crippen LogP contribution in [0.15, 0.2) is 0 Å². The number of ether oxygens (including phenoxy) is 1. The number of nitrogens with zero attached hydrogens (tertiary/aromatic N) is 1. The fourth-order valence-electron chi connectivity index (χ4n) is 1.20. The molecule has 0 aliphatic carbocycles. The number of amides is 1. The van der Waals surface area contributed by atoms with E-state index >= 15 is 0 Å². The Morgan fingerprint density at radius 2 is 2.06 bits per heavy atom. The Bertz CT molecular complexity index is 174. The molecular formula is C12H26N2O2. The summed E-state index contributed by atoms with van der Waals surface area (Å²) in [5, 5.41) is 2.84. The highest BCUT2D eigenvalue weighted by Gasteiger charge is 2.00. The van der Waals surface area contributed by atoms with Gasteiger partial charge in [0, 0.05) is 13.1 Å². The molecule has 0 heterocycles. The minimum atomic E-state index is -0.00439. The van der Waals surface area contributed by atoms with Crippen LogP contribution in [0, 0.1) is 0 Å². The summed E-state index contributed by atoms with van der Waals surface area (Å²) in [7, 11) is 2.04. The molecule has 1 N–H and O–H groups in total. The lowest BCUT2D eigenvalue weighted by molar-refractivity contribution is -0.125. The number of hydrogen-bond acceptors (Lipinski definition) is 3. The van der Waals surface area contributed by atoms with E-state index in [2.05, 4.69) is 24.1 Å². The Labute approximate surface area is 99.3 Å². The third kappa shape index (κ3) is 9.93. The van der Waals surface area contributed by atoms with Crippen molar-refractivity contribution in [3.8, 4) is 0 Å². The summed E-state index contributed by atoms with van der Waals surface area (Å²) < 4.78 is 5.27. The second-order valence-corrected chi connectivity index (χ2v) is 4.01. The lowest BCUT2D eigenvalue weighted by Gasteiger charge is -2.13. The highest BCUT2D eigenvalue weighted by Crippen LogP contribution is 1.91. The van der Waals surface area contributed by atoms with Crippen molar-refractivity contribution >= 4 is 5.91 Å². The van der Waals surface area contributed by atoms with Gasteiger partial charge in [-0.3, -0.25) is 4.79 Å². The summed E-state index contributed by atoms with van der Waals surface area (Å²) in [5.74, 6) is -0.00439. The van der Waals surface area contributed by atoms with E-state index in [1.807, 2.05) is 7.05 Å². The normalized spacial score (nSPS) is 10.8. The zero-order valence-electron chi connectivity index (χ0n) is 10.9. The summed E-state index contributed by atoms with van der Waals surface area (Å²) in [5.41, 5.74) is 0. The third-order valence-electron chi connectivity index (χ3n) is 2.49. The first-order valence-electron chi connectivity index (χ1n) is 6.23. The summed E-state index contributed by atoms with van der Waals surface area (Å²) in [6.45, 7) is 7.70. The summed E-state index contributed by atoms with van der Waals surface area (Å²) in [6.07, 6.45) is 3.40. The molecule has 96 valence electrons. The van der Waals surface area contributed by atoms with E-state index in [1.165, 1.54) is 12.8 Å². The van der Waals surface area contributed by atoms with Crippen molar-refractivity contribution in [1.82, 2.24) is 10.2 Å². The number of unbranched alkanes of at least 4 members (excludes halogenated alkanes) is 2. The van der Waals surface area contributed by atoms with E-state index in [1.54, 1.807) is 0 Å². The molecule has 0 aliphatic rings. The van der Waals surface area contributed by atoms with Gasteiger partial charge < -0.3 is 15.0 Å². The van der Waals surface area contributed by atoms with E-state index < -0.39 is 0 Å². The van der Waals surface area contributed by atoms with Gasteiger partial charge in [0.05, 0.1) is 6.61 Å². The van der Waals surface area contributed by atoms with Crippen molar-refractivity contribution < 1.29 is 9.53 Å². The fourth-order valence-corrected chi connectivity index (χ4v) is 1.20. The molecule has 0 saturated heterocycles. The van der Waals surface area contributed by atoms with Crippen LogP contribution in [-0.4, -0.2) is 50.7 Å². The zero-order chi connectivity index (χ0) is 12.2. The van der Waals surface area contributed by atoms with Gasteiger partial charge in [0.2, 0.25) is 5.91 Å². The molecule has 0 unspecified atom stereocenters. The maximum absolute atomic E-state index is 11.3. The molecule has 0 fully saturated rings. The highest BCUT2D eigenvalue weighted by atomic mass is 16.5. The Hall–Kier alpha value is -0.610. The van der Waals surface area contributed by atoms with Crippen molar-refractivity contribution in [2.24, 2.45) is 0 Å². The molecule has 0 aromatic heterocycles. The Balaban J connectivity index is 3.24. The van der Waals surface area contributed by atoms with Crippen molar-refractivity contribution in [2.45, 2.75) is 33.1 Å². The van der Waals surface area contributed by atoms with Crippen LogP contribution in [0.3, 0.4) is 0 Å². The van der Waals surface area contributed by atoms with Crippen LogP contribution in [0.4, 0.5) is 0 Å². The van der Waals surface area contributed by atoms with Crippen LogP contribution in [0.25, 0.3) is 0 Å². The van der Waals surface area contributed by atoms with Gasteiger partial charge in [-0.2, -0.15) is 0 Å². The van der Waals surface area contributed by atoms with Crippen LogP contribution in [0.2, 0.25) is 0 Å². The van der Waals surface area contributed by atoms with E-state index in [9.17, 15) is 4.79 Å². The summed E-state index contributed by atoms with van der Waals surface area (Å²) in [6, 6.07) is 0. The lowest BCUT2D eigenvalue weighted by atomic mass is 10.2. The molecule has 1 amide bonds. The third-order valence-corrected chi connectivity index (χ3v) is 2.49. The van der Waals surface area contributed by atoms with E-state index in [4.69, 9.17) is 4.74 Å². The highest BCUT2D eigenvalue weighted by molar-refractivity contribution is 5.77. The van der Waals surface area contributed by atoms with E-state index in [-0.39, 0.29) is 12.5 Å². The molecule has 0 saturated carbocycles. The molecule has 0 rings (SSSR count). The second-order valence-electron chi connectivity index (χ2n) is 4.01. The predicted octanol–water partition coefficient (Wildman–Crippen LogP) is 1.26. The zero-order valence-corrected chi connectivity index (χ0v) is 10.9. The Kier molecular flexibility index (Phi) is 10.5. The van der Waals surface area contributed by atoms with Crippen LogP contribution in [-0.2, 0) is 9.53 Å². The van der Waals surface area contributed by atoms with Crippen LogP contribution >= 0.6 is 0 Å². The topological polar surface area (TPSA) is 41.6 Å². The standard InChI is InChI=1S/C12H26N2O2/c1-4-6-7-8-13-12(15)11-16-10-9-14(3)5-2/h4-11H2,1-3H3,(H,13,15). The lowest BCUT2D eigenvalue weighted by Crippen LogP contribution is -2.30. The summed E-state index contributed by atoms with van der Waals surface area (Å²) in [4.78, 5) is 13.4. The van der Waals surface area contributed by atoms with E-state index in [0.29, 0.717) is 6.61 Å². The Morgan fingerprint density at radius 3 is 2.69 bits per heavy atom. The van der Waals surface area contributed by atoms with Crippen molar-refractivity contribution in [1.29, 1.82) is 0 Å². The van der Waals surface area contributed by atoms with Gasteiger partial charge in [-0.05, 0) is 20.0 Å². The minimum Gasteiger partial charge on any atom is -0.370 e. The molecule has 4 heteroatoms. The molecule has 16 heavy (non-hydrogen) atoms.